The Kier molecular flexibility index (Phi) is 3.42. The molecule has 1 aromatic rings. The molecule has 0 aromatic carbocycles. The van der Waals surface area contributed by atoms with Gasteiger partial charge in [0, 0.05) is 16.4 Å². The van der Waals surface area contributed by atoms with Gasteiger partial charge in [0.25, 0.3) is 5.91 Å². The van der Waals surface area contributed by atoms with Gasteiger partial charge in [0.2, 0.25) is 0 Å². The van der Waals surface area contributed by atoms with Gasteiger partial charge in [0.1, 0.15) is 0 Å². The summed E-state index contributed by atoms with van der Waals surface area (Å²) >= 11 is 3.25. The zero-order chi connectivity index (χ0) is 13.3. The van der Waals surface area contributed by atoms with Crippen molar-refractivity contribution in [1.82, 2.24) is 4.98 Å². The standard InChI is InChI=1S/C11H10BrN3O3/c1-6-8(4-10(16)17)11(18)15(14-6)9-3-2-7(12)5-13-9/h2-3,5,8H,4H2,1H3,(H,16,17). The van der Waals surface area contributed by atoms with Gasteiger partial charge in [-0.25, -0.2) is 4.98 Å². The molecule has 1 aliphatic heterocycles. The first kappa shape index (κ1) is 12.7. The molecule has 0 fully saturated rings. The Morgan fingerprint density at radius 3 is 2.83 bits per heavy atom. The number of carboxylic acid groups (broad SMARTS) is 1. The maximum absolute atomic E-state index is 12.0. The normalized spacial score (nSPS) is 19.0. The van der Waals surface area contributed by atoms with Crippen LogP contribution < -0.4 is 5.01 Å². The Morgan fingerprint density at radius 2 is 2.28 bits per heavy atom. The molecule has 94 valence electrons. The zero-order valence-electron chi connectivity index (χ0n) is 9.50. The summed E-state index contributed by atoms with van der Waals surface area (Å²) in [4.78, 5) is 26.8. The second kappa shape index (κ2) is 4.85. The van der Waals surface area contributed by atoms with E-state index in [1.807, 2.05) is 0 Å². The third-order valence-electron chi connectivity index (χ3n) is 2.58. The number of nitrogens with zero attached hydrogens (tertiary/aromatic N) is 3. The maximum atomic E-state index is 12.0. The molecular formula is C11H10BrN3O3. The zero-order valence-corrected chi connectivity index (χ0v) is 11.1. The van der Waals surface area contributed by atoms with Crippen LogP contribution in [0, 0.1) is 5.92 Å². The van der Waals surface area contributed by atoms with Crippen LogP contribution in [0.15, 0.2) is 27.9 Å². The minimum atomic E-state index is -1.02. The summed E-state index contributed by atoms with van der Waals surface area (Å²) in [6, 6.07) is 3.38. The monoisotopic (exact) mass is 311 g/mol. The van der Waals surface area contributed by atoms with Gasteiger partial charge in [-0.05, 0) is 35.0 Å². The van der Waals surface area contributed by atoms with Crippen LogP contribution in [0.3, 0.4) is 0 Å². The Labute approximate surface area is 111 Å². The van der Waals surface area contributed by atoms with E-state index < -0.39 is 11.9 Å². The van der Waals surface area contributed by atoms with Gasteiger partial charge >= 0.3 is 5.97 Å². The van der Waals surface area contributed by atoms with E-state index in [4.69, 9.17) is 5.11 Å². The fourth-order valence-corrected chi connectivity index (χ4v) is 1.90. The van der Waals surface area contributed by atoms with Crippen LogP contribution in [0.2, 0.25) is 0 Å². The van der Waals surface area contributed by atoms with E-state index in [1.165, 1.54) is 0 Å². The minimum absolute atomic E-state index is 0.249. The predicted octanol–water partition coefficient (Wildman–Crippen LogP) is 1.66. The highest BCUT2D eigenvalue weighted by atomic mass is 79.9. The number of hydrazone groups is 1. The minimum Gasteiger partial charge on any atom is -0.481 e. The third kappa shape index (κ3) is 2.40. The largest absolute Gasteiger partial charge is 0.481 e. The van der Waals surface area contributed by atoms with Crippen molar-refractivity contribution in [2.45, 2.75) is 13.3 Å². The van der Waals surface area contributed by atoms with Crippen molar-refractivity contribution in [2.75, 3.05) is 5.01 Å². The lowest BCUT2D eigenvalue weighted by Crippen LogP contribution is -2.29. The summed E-state index contributed by atoms with van der Waals surface area (Å²) in [5.41, 5.74) is 0.493. The van der Waals surface area contributed by atoms with Gasteiger partial charge in [-0.3, -0.25) is 9.59 Å². The number of anilines is 1. The van der Waals surface area contributed by atoms with Gasteiger partial charge in [0.15, 0.2) is 5.82 Å². The molecule has 18 heavy (non-hydrogen) atoms. The Morgan fingerprint density at radius 1 is 1.56 bits per heavy atom. The van der Waals surface area contributed by atoms with E-state index in [-0.39, 0.29) is 12.3 Å². The molecule has 2 heterocycles. The molecule has 0 aliphatic carbocycles. The van der Waals surface area contributed by atoms with Crippen LogP contribution in [-0.4, -0.2) is 27.7 Å². The number of amides is 1. The van der Waals surface area contributed by atoms with E-state index in [0.29, 0.717) is 11.5 Å². The highest BCUT2D eigenvalue weighted by molar-refractivity contribution is 9.10. The lowest BCUT2D eigenvalue weighted by Gasteiger charge is -2.12. The van der Waals surface area contributed by atoms with Crippen molar-refractivity contribution in [3.63, 3.8) is 0 Å². The highest BCUT2D eigenvalue weighted by Crippen LogP contribution is 2.24. The summed E-state index contributed by atoms with van der Waals surface area (Å²) in [6.45, 7) is 1.64. The van der Waals surface area contributed by atoms with Crippen molar-refractivity contribution >= 4 is 39.3 Å². The molecule has 6 nitrogen and oxygen atoms in total. The summed E-state index contributed by atoms with van der Waals surface area (Å²) in [7, 11) is 0. The quantitative estimate of drug-likeness (QED) is 0.920. The number of carbonyl (C=O) groups excluding carboxylic acids is 1. The SMILES string of the molecule is CC1=NN(c2ccc(Br)cn2)C(=O)C1CC(=O)O. The summed E-state index contributed by atoms with van der Waals surface area (Å²) in [6.07, 6.45) is 1.30. The smallest absolute Gasteiger partial charge is 0.304 e. The lowest BCUT2D eigenvalue weighted by molar-refractivity contribution is -0.139. The number of hydrogen-bond donors (Lipinski definition) is 1. The average molecular weight is 312 g/mol. The Hall–Kier alpha value is -1.76. The fraction of sp³-hybridized carbons (Fsp3) is 0.273. The van der Waals surface area contributed by atoms with Gasteiger partial charge < -0.3 is 5.11 Å². The lowest BCUT2D eigenvalue weighted by atomic mass is 10.0. The van der Waals surface area contributed by atoms with Gasteiger partial charge in [0.05, 0.1) is 12.3 Å². The number of carboxylic acids is 1. The average Bonchev–Trinajstić information content (AvgIpc) is 2.58. The highest BCUT2D eigenvalue weighted by Gasteiger charge is 2.36. The van der Waals surface area contributed by atoms with Crippen LogP contribution in [-0.2, 0) is 9.59 Å². The third-order valence-corrected chi connectivity index (χ3v) is 3.05. The number of hydrogen-bond acceptors (Lipinski definition) is 4. The number of aromatic nitrogens is 1. The molecule has 2 rings (SSSR count). The van der Waals surface area contributed by atoms with Crippen molar-refractivity contribution in [1.29, 1.82) is 0 Å². The second-order valence-corrected chi connectivity index (χ2v) is 4.79. The number of aliphatic carboxylic acids is 1. The van der Waals surface area contributed by atoms with Crippen molar-refractivity contribution in [3.8, 4) is 0 Å². The molecule has 0 saturated heterocycles. The van der Waals surface area contributed by atoms with Crippen molar-refractivity contribution in [3.05, 3.63) is 22.8 Å². The molecule has 0 radical (unpaired) electrons. The van der Waals surface area contributed by atoms with E-state index >= 15 is 0 Å². The first-order valence-electron chi connectivity index (χ1n) is 5.21. The molecule has 7 heteroatoms. The number of carbonyl (C=O) groups is 2. The number of rotatable bonds is 3. The van der Waals surface area contributed by atoms with Crippen LogP contribution >= 0.6 is 15.9 Å². The molecule has 1 amide bonds. The van der Waals surface area contributed by atoms with Crippen molar-refractivity contribution < 1.29 is 14.7 Å². The van der Waals surface area contributed by atoms with Gasteiger partial charge in [-0.1, -0.05) is 0 Å². The molecule has 1 unspecified atom stereocenters. The molecule has 0 bridgehead atoms. The predicted molar refractivity (Wildman–Crippen MR) is 68.3 cm³/mol. The van der Waals surface area contributed by atoms with Crippen LogP contribution in [0.25, 0.3) is 0 Å². The number of pyridine rings is 1. The molecule has 1 aliphatic rings. The van der Waals surface area contributed by atoms with Crippen LogP contribution in [0.4, 0.5) is 5.82 Å². The van der Waals surface area contributed by atoms with E-state index in [1.54, 1.807) is 25.3 Å². The first-order valence-corrected chi connectivity index (χ1v) is 6.00. The Bertz CT molecular complexity index is 527. The summed E-state index contributed by atoms with van der Waals surface area (Å²) in [5, 5.41) is 14.0. The van der Waals surface area contributed by atoms with Crippen LogP contribution in [0.5, 0.6) is 0 Å². The second-order valence-electron chi connectivity index (χ2n) is 3.88. The van der Waals surface area contributed by atoms with E-state index in [2.05, 4.69) is 26.0 Å². The molecular weight excluding hydrogens is 302 g/mol. The summed E-state index contributed by atoms with van der Waals surface area (Å²) < 4.78 is 0.792. The summed E-state index contributed by atoms with van der Waals surface area (Å²) in [5.74, 6) is -1.69. The van der Waals surface area contributed by atoms with E-state index in [9.17, 15) is 9.59 Å². The van der Waals surface area contributed by atoms with Gasteiger partial charge in [-0.15, -0.1) is 0 Å². The molecule has 1 N–H and O–H groups in total. The van der Waals surface area contributed by atoms with E-state index in [0.717, 1.165) is 9.48 Å². The van der Waals surface area contributed by atoms with Crippen molar-refractivity contribution in [2.24, 2.45) is 11.0 Å². The molecule has 1 atom stereocenters. The number of halogens is 1. The Balaban J connectivity index is 2.25. The fourth-order valence-electron chi connectivity index (χ4n) is 1.67. The van der Waals surface area contributed by atoms with Gasteiger partial charge in [-0.2, -0.15) is 10.1 Å². The molecule has 0 spiro atoms. The molecule has 0 saturated carbocycles. The van der Waals surface area contributed by atoms with Crippen LogP contribution in [0.1, 0.15) is 13.3 Å². The maximum Gasteiger partial charge on any atom is 0.304 e. The first-order chi connectivity index (χ1) is 8.49. The molecule has 1 aromatic heterocycles. The topological polar surface area (TPSA) is 82.9 Å².